The Hall–Kier alpha value is -1.62. The van der Waals surface area contributed by atoms with Crippen LogP contribution in [0.5, 0.6) is 0 Å². The Bertz CT molecular complexity index is 486. The van der Waals surface area contributed by atoms with E-state index in [4.69, 9.17) is 9.47 Å². The lowest BCUT2D eigenvalue weighted by atomic mass is 10.1. The van der Waals surface area contributed by atoms with Gasteiger partial charge in [0.2, 0.25) is 0 Å². The minimum absolute atomic E-state index is 0.194. The van der Waals surface area contributed by atoms with Crippen molar-refractivity contribution in [3.8, 4) is 0 Å². The predicted molar refractivity (Wildman–Crippen MR) is 84.6 cm³/mol. The summed E-state index contributed by atoms with van der Waals surface area (Å²) < 4.78 is 11.3. The van der Waals surface area contributed by atoms with Gasteiger partial charge in [-0.05, 0) is 52.2 Å². The van der Waals surface area contributed by atoms with Crippen molar-refractivity contribution in [2.75, 3.05) is 13.1 Å². The first-order valence-electron chi connectivity index (χ1n) is 7.84. The van der Waals surface area contributed by atoms with Gasteiger partial charge in [-0.15, -0.1) is 0 Å². The van der Waals surface area contributed by atoms with Crippen LogP contribution in [0.3, 0.4) is 0 Å². The standard InChI is InChI=1S/C17H26N2O3/c1-13-5-6-14(11-18-13)12-21-15-7-9-19(10-8-15)16(20)22-17(2,3)4/h5-6,11,15H,7-10,12H2,1-4H3. The number of amides is 1. The fourth-order valence-corrected chi connectivity index (χ4v) is 2.33. The summed E-state index contributed by atoms with van der Waals surface area (Å²) >= 11 is 0. The first kappa shape index (κ1) is 16.7. The lowest BCUT2D eigenvalue weighted by molar-refractivity contribution is -0.0171. The molecule has 0 N–H and O–H groups in total. The van der Waals surface area contributed by atoms with Gasteiger partial charge in [0, 0.05) is 25.0 Å². The summed E-state index contributed by atoms with van der Waals surface area (Å²) in [5.41, 5.74) is 1.65. The van der Waals surface area contributed by atoms with Crippen LogP contribution in [0.25, 0.3) is 0 Å². The number of hydrogen-bond donors (Lipinski definition) is 0. The van der Waals surface area contributed by atoms with Crippen molar-refractivity contribution in [2.45, 2.75) is 58.8 Å². The Morgan fingerprint density at radius 2 is 2.00 bits per heavy atom. The molecule has 0 spiro atoms. The van der Waals surface area contributed by atoms with E-state index in [1.54, 1.807) is 4.90 Å². The summed E-state index contributed by atoms with van der Waals surface area (Å²) in [7, 11) is 0. The number of pyridine rings is 1. The molecule has 0 aliphatic carbocycles. The third-order valence-electron chi connectivity index (χ3n) is 3.55. The molecule has 1 amide bonds. The maximum atomic E-state index is 12.0. The highest BCUT2D eigenvalue weighted by molar-refractivity contribution is 5.68. The fourth-order valence-electron chi connectivity index (χ4n) is 2.33. The summed E-state index contributed by atoms with van der Waals surface area (Å²) in [6.07, 6.45) is 3.51. The normalized spacial score (nSPS) is 16.6. The van der Waals surface area contributed by atoms with Gasteiger partial charge >= 0.3 is 6.09 Å². The molecule has 122 valence electrons. The number of aromatic nitrogens is 1. The molecule has 5 nitrogen and oxygen atoms in total. The monoisotopic (exact) mass is 306 g/mol. The molecule has 1 saturated heterocycles. The van der Waals surface area contributed by atoms with Gasteiger partial charge in [0.25, 0.3) is 0 Å². The summed E-state index contributed by atoms with van der Waals surface area (Å²) in [5, 5.41) is 0. The van der Waals surface area contributed by atoms with Crippen LogP contribution >= 0.6 is 0 Å². The van der Waals surface area contributed by atoms with E-state index in [0.717, 1.165) is 24.1 Å². The molecule has 0 bridgehead atoms. The van der Waals surface area contributed by atoms with E-state index in [9.17, 15) is 4.79 Å². The van der Waals surface area contributed by atoms with Gasteiger partial charge in [0.1, 0.15) is 5.60 Å². The summed E-state index contributed by atoms with van der Waals surface area (Å²) in [4.78, 5) is 18.0. The topological polar surface area (TPSA) is 51.7 Å². The largest absolute Gasteiger partial charge is 0.444 e. The molecule has 0 atom stereocenters. The summed E-state index contributed by atoms with van der Waals surface area (Å²) in [6, 6.07) is 4.03. The smallest absolute Gasteiger partial charge is 0.410 e. The van der Waals surface area contributed by atoms with Crippen molar-refractivity contribution in [1.82, 2.24) is 9.88 Å². The number of carbonyl (C=O) groups is 1. The van der Waals surface area contributed by atoms with Crippen LogP contribution in [0.1, 0.15) is 44.9 Å². The molecule has 1 aromatic rings. The van der Waals surface area contributed by atoms with Gasteiger partial charge in [-0.1, -0.05) is 6.07 Å². The minimum Gasteiger partial charge on any atom is -0.444 e. The molecule has 1 aromatic heterocycles. The fraction of sp³-hybridized carbons (Fsp3) is 0.647. The van der Waals surface area contributed by atoms with E-state index in [1.165, 1.54) is 0 Å². The van der Waals surface area contributed by atoms with E-state index < -0.39 is 5.60 Å². The molecule has 0 saturated carbocycles. The minimum atomic E-state index is -0.442. The zero-order valence-corrected chi connectivity index (χ0v) is 14.0. The Morgan fingerprint density at radius 1 is 1.32 bits per heavy atom. The SMILES string of the molecule is Cc1ccc(COC2CCN(C(=O)OC(C)(C)C)CC2)cn1. The van der Waals surface area contributed by atoms with Gasteiger partial charge in [-0.2, -0.15) is 0 Å². The van der Waals surface area contributed by atoms with Gasteiger partial charge < -0.3 is 14.4 Å². The Kier molecular flexibility index (Phi) is 5.40. The number of carbonyl (C=O) groups excluding carboxylic acids is 1. The molecule has 1 aliphatic rings. The Labute approximate surface area is 132 Å². The molecule has 0 unspecified atom stereocenters. The third-order valence-corrected chi connectivity index (χ3v) is 3.55. The Morgan fingerprint density at radius 3 is 2.55 bits per heavy atom. The van der Waals surface area contributed by atoms with Crippen molar-refractivity contribution in [3.05, 3.63) is 29.6 Å². The number of aryl methyl sites for hydroxylation is 1. The molecule has 5 heteroatoms. The molecular weight excluding hydrogens is 280 g/mol. The highest BCUT2D eigenvalue weighted by Crippen LogP contribution is 2.18. The number of rotatable bonds is 3. The average Bonchev–Trinajstić information content (AvgIpc) is 2.45. The quantitative estimate of drug-likeness (QED) is 0.859. The molecule has 1 fully saturated rings. The number of hydrogen-bond acceptors (Lipinski definition) is 4. The van der Waals surface area contributed by atoms with Crippen LogP contribution in [0.2, 0.25) is 0 Å². The van der Waals surface area contributed by atoms with Gasteiger partial charge in [0.15, 0.2) is 0 Å². The van der Waals surface area contributed by atoms with Crippen molar-refractivity contribution in [3.63, 3.8) is 0 Å². The predicted octanol–water partition coefficient (Wildman–Crippen LogP) is 3.31. The van der Waals surface area contributed by atoms with Crippen molar-refractivity contribution < 1.29 is 14.3 Å². The highest BCUT2D eigenvalue weighted by Gasteiger charge is 2.27. The molecule has 0 aromatic carbocycles. The van der Waals surface area contributed by atoms with Crippen molar-refractivity contribution in [1.29, 1.82) is 0 Å². The van der Waals surface area contributed by atoms with Crippen LogP contribution in [0.15, 0.2) is 18.3 Å². The third kappa shape index (κ3) is 5.30. The molecule has 0 radical (unpaired) electrons. The van der Waals surface area contributed by atoms with E-state index in [1.807, 2.05) is 46.0 Å². The second-order valence-electron chi connectivity index (χ2n) is 6.79. The van der Waals surface area contributed by atoms with E-state index in [2.05, 4.69) is 4.98 Å². The van der Waals surface area contributed by atoms with E-state index in [-0.39, 0.29) is 12.2 Å². The van der Waals surface area contributed by atoms with Gasteiger partial charge in [0.05, 0.1) is 12.7 Å². The molecule has 2 heterocycles. The van der Waals surface area contributed by atoms with Crippen LogP contribution in [-0.2, 0) is 16.1 Å². The van der Waals surface area contributed by atoms with Gasteiger partial charge in [-0.25, -0.2) is 4.79 Å². The first-order valence-corrected chi connectivity index (χ1v) is 7.84. The average molecular weight is 306 g/mol. The van der Waals surface area contributed by atoms with Crippen LogP contribution in [-0.4, -0.2) is 40.8 Å². The highest BCUT2D eigenvalue weighted by atomic mass is 16.6. The molecule has 2 rings (SSSR count). The van der Waals surface area contributed by atoms with E-state index in [0.29, 0.717) is 19.7 Å². The van der Waals surface area contributed by atoms with Crippen LogP contribution in [0.4, 0.5) is 4.79 Å². The molecule has 1 aliphatic heterocycles. The molecule has 22 heavy (non-hydrogen) atoms. The van der Waals surface area contributed by atoms with Crippen LogP contribution < -0.4 is 0 Å². The second-order valence-corrected chi connectivity index (χ2v) is 6.79. The number of nitrogens with zero attached hydrogens (tertiary/aromatic N) is 2. The zero-order chi connectivity index (χ0) is 16.2. The number of piperidine rings is 1. The van der Waals surface area contributed by atoms with Crippen molar-refractivity contribution in [2.24, 2.45) is 0 Å². The van der Waals surface area contributed by atoms with E-state index >= 15 is 0 Å². The maximum absolute atomic E-state index is 12.0. The Balaban J connectivity index is 1.73. The van der Waals surface area contributed by atoms with Crippen molar-refractivity contribution >= 4 is 6.09 Å². The summed E-state index contributed by atoms with van der Waals surface area (Å²) in [5.74, 6) is 0. The second kappa shape index (κ2) is 7.09. The summed E-state index contributed by atoms with van der Waals surface area (Å²) in [6.45, 7) is 9.57. The first-order chi connectivity index (χ1) is 10.3. The lowest BCUT2D eigenvalue weighted by Crippen LogP contribution is -2.43. The maximum Gasteiger partial charge on any atom is 0.410 e. The number of ether oxygens (including phenoxy) is 2. The number of likely N-dealkylation sites (tertiary alicyclic amines) is 1. The van der Waals surface area contributed by atoms with Gasteiger partial charge in [-0.3, -0.25) is 4.98 Å². The molecular formula is C17H26N2O3. The lowest BCUT2D eigenvalue weighted by Gasteiger charge is -2.33. The van der Waals surface area contributed by atoms with Crippen LogP contribution in [0, 0.1) is 6.92 Å². The zero-order valence-electron chi connectivity index (χ0n) is 14.0.